The van der Waals surface area contributed by atoms with Crippen LogP contribution in [-0.4, -0.2) is 86.0 Å². The predicted molar refractivity (Wildman–Crippen MR) is 163 cm³/mol. The average molecular weight is 580 g/mol. The fourth-order valence-corrected chi connectivity index (χ4v) is 7.67. The Bertz CT molecular complexity index is 1210. The van der Waals surface area contributed by atoms with Crippen LogP contribution in [0.4, 0.5) is 0 Å². The van der Waals surface area contributed by atoms with Gasteiger partial charge in [0.15, 0.2) is 0 Å². The van der Waals surface area contributed by atoms with E-state index in [0.717, 1.165) is 5.56 Å². The van der Waals surface area contributed by atoms with Crippen molar-refractivity contribution < 1.29 is 24.2 Å². The topological polar surface area (TPSA) is 90.4 Å². The number of carbonyl (C=O) groups excluding carboxylic acids is 3. The number of hydrogen-bond donors (Lipinski definition) is 1. The van der Waals surface area contributed by atoms with E-state index < -0.39 is 40.7 Å². The molecule has 3 aliphatic rings. The summed E-state index contributed by atoms with van der Waals surface area (Å²) >= 11 is 0. The summed E-state index contributed by atoms with van der Waals surface area (Å²) in [6.07, 6.45) is 3.85. The van der Waals surface area contributed by atoms with Gasteiger partial charge in [-0.05, 0) is 51.5 Å². The number of aliphatic hydroxyl groups is 1. The first-order valence-electron chi connectivity index (χ1n) is 15.2. The number of carbonyl (C=O) groups is 3. The molecule has 1 aromatic rings. The standard InChI is InChI=1S/C34H49N3O5/c1-10-17-35(20-24-15-13-12-14-16-24)29(39)26-27-30(40)37(25(21-38)22(3)4)28(31(41)36(18-11-2)32(6,7)8)34(27)19-23(5)33(26,9)42-34/h10-16,22-23,25-28,38H,1-2,17-21H2,3-9H3/t23?,25-,26+,27-,28?,33-,34?/m0/s1. The summed E-state index contributed by atoms with van der Waals surface area (Å²) in [6, 6.07) is 8.17. The Hall–Kier alpha value is -2.97. The zero-order valence-electron chi connectivity index (χ0n) is 26.4. The van der Waals surface area contributed by atoms with Gasteiger partial charge in [0, 0.05) is 25.2 Å². The van der Waals surface area contributed by atoms with Crippen LogP contribution in [0.1, 0.15) is 60.5 Å². The molecule has 8 nitrogen and oxygen atoms in total. The number of rotatable bonds is 11. The van der Waals surface area contributed by atoms with E-state index in [1.54, 1.807) is 26.9 Å². The molecular formula is C34H49N3O5. The normalized spacial score (nSPS) is 30.8. The molecule has 3 amide bonds. The highest BCUT2D eigenvalue weighted by atomic mass is 16.5. The molecule has 1 aromatic carbocycles. The SMILES string of the molecule is C=CCN(Cc1ccccc1)C(=O)[C@H]1[C@H]2C(=O)N([C@@H](CO)C(C)C)C(C(=O)N(CC=C)C(C)(C)C)C23CC(C)[C@]1(C)O3. The maximum atomic E-state index is 14.7. The summed E-state index contributed by atoms with van der Waals surface area (Å²) < 4.78 is 6.95. The summed E-state index contributed by atoms with van der Waals surface area (Å²) in [5.41, 5.74) is -1.71. The van der Waals surface area contributed by atoms with E-state index in [1.165, 1.54) is 0 Å². The molecule has 3 heterocycles. The first kappa shape index (κ1) is 32.0. The maximum Gasteiger partial charge on any atom is 0.249 e. The Balaban J connectivity index is 1.86. The fraction of sp³-hybridized carbons (Fsp3) is 0.618. The highest BCUT2D eigenvalue weighted by Gasteiger charge is 2.80. The molecule has 1 spiro atoms. The Morgan fingerprint density at radius 1 is 1.14 bits per heavy atom. The third kappa shape index (κ3) is 5.00. The number of nitrogens with zero attached hydrogens (tertiary/aromatic N) is 3. The number of likely N-dealkylation sites (tertiary alicyclic amines) is 1. The monoisotopic (exact) mass is 579 g/mol. The molecule has 42 heavy (non-hydrogen) atoms. The molecule has 2 bridgehead atoms. The van der Waals surface area contributed by atoms with E-state index in [0.29, 0.717) is 26.1 Å². The zero-order valence-corrected chi connectivity index (χ0v) is 26.4. The molecule has 4 rings (SSSR count). The predicted octanol–water partition coefficient (Wildman–Crippen LogP) is 4.04. The summed E-state index contributed by atoms with van der Waals surface area (Å²) in [6.45, 7) is 22.2. The van der Waals surface area contributed by atoms with Crippen molar-refractivity contribution in [3.05, 3.63) is 61.2 Å². The van der Waals surface area contributed by atoms with Crippen LogP contribution in [0.2, 0.25) is 0 Å². The van der Waals surface area contributed by atoms with E-state index >= 15 is 0 Å². The van der Waals surface area contributed by atoms with Gasteiger partial charge in [-0.3, -0.25) is 14.4 Å². The second-order valence-electron chi connectivity index (χ2n) is 13.8. The highest BCUT2D eigenvalue weighted by molar-refractivity contribution is 5.99. The molecule has 3 fully saturated rings. The highest BCUT2D eigenvalue weighted by Crippen LogP contribution is 2.66. The van der Waals surface area contributed by atoms with E-state index in [-0.39, 0.29) is 36.2 Å². The van der Waals surface area contributed by atoms with Crippen LogP contribution in [0.5, 0.6) is 0 Å². The number of benzene rings is 1. The van der Waals surface area contributed by atoms with Crippen molar-refractivity contribution >= 4 is 17.7 Å². The third-order valence-corrected chi connectivity index (χ3v) is 9.83. The lowest BCUT2D eigenvalue weighted by molar-refractivity contribution is -0.161. The second-order valence-corrected chi connectivity index (χ2v) is 13.8. The Labute approximate surface area is 251 Å². The van der Waals surface area contributed by atoms with Gasteiger partial charge in [-0.15, -0.1) is 13.2 Å². The Kier molecular flexibility index (Phi) is 8.83. The average Bonchev–Trinajstić information content (AvgIpc) is 3.43. The molecule has 0 radical (unpaired) electrons. The number of aliphatic hydroxyl groups excluding tert-OH is 1. The van der Waals surface area contributed by atoms with E-state index in [1.807, 2.05) is 78.8 Å². The molecule has 0 saturated carbocycles. The molecule has 0 aromatic heterocycles. The van der Waals surface area contributed by atoms with Gasteiger partial charge in [0.1, 0.15) is 11.6 Å². The van der Waals surface area contributed by atoms with Gasteiger partial charge in [-0.2, -0.15) is 0 Å². The molecule has 230 valence electrons. The zero-order chi connectivity index (χ0) is 31.2. The summed E-state index contributed by atoms with van der Waals surface area (Å²) in [5.74, 6) is -2.54. The maximum absolute atomic E-state index is 14.7. The first-order chi connectivity index (χ1) is 19.7. The van der Waals surface area contributed by atoms with Crippen LogP contribution in [0.25, 0.3) is 0 Å². The van der Waals surface area contributed by atoms with Crippen LogP contribution >= 0.6 is 0 Å². The Morgan fingerprint density at radius 3 is 2.29 bits per heavy atom. The molecule has 8 heteroatoms. The molecule has 1 N–H and O–H groups in total. The number of hydrogen-bond acceptors (Lipinski definition) is 5. The molecule has 3 unspecified atom stereocenters. The van der Waals surface area contributed by atoms with Gasteiger partial charge in [0.25, 0.3) is 0 Å². The molecule has 7 atom stereocenters. The Morgan fingerprint density at radius 2 is 1.76 bits per heavy atom. The van der Waals surface area contributed by atoms with Gasteiger partial charge in [0.05, 0.1) is 30.1 Å². The summed E-state index contributed by atoms with van der Waals surface area (Å²) in [5, 5.41) is 10.5. The lowest BCUT2D eigenvalue weighted by Crippen LogP contribution is -2.62. The quantitative estimate of drug-likeness (QED) is 0.400. The van der Waals surface area contributed by atoms with E-state index in [9.17, 15) is 19.5 Å². The van der Waals surface area contributed by atoms with Gasteiger partial charge < -0.3 is 24.5 Å². The first-order valence-corrected chi connectivity index (χ1v) is 15.2. The van der Waals surface area contributed by atoms with Gasteiger partial charge in [-0.25, -0.2) is 0 Å². The summed E-state index contributed by atoms with van der Waals surface area (Å²) in [4.78, 5) is 49.0. The van der Waals surface area contributed by atoms with Crippen LogP contribution in [0.3, 0.4) is 0 Å². The van der Waals surface area contributed by atoms with Gasteiger partial charge in [-0.1, -0.05) is 63.3 Å². The minimum Gasteiger partial charge on any atom is -0.394 e. The molecule has 0 aliphatic carbocycles. The van der Waals surface area contributed by atoms with Crippen LogP contribution in [0.15, 0.2) is 55.6 Å². The van der Waals surface area contributed by atoms with E-state index in [2.05, 4.69) is 13.2 Å². The van der Waals surface area contributed by atoms with Crippen molar-refractivity contribution in [2.24, 2.45) is 23.7 Å². The van der Waals surface area contributed by atoms with Crippen molar-refractivity contribution in [2.75, 3.05) is 19.7 Å². The second kappa shape index (κ2) is 11.6. The van der Waals surface area contributed by atoms with Crippen molar-refractivity contribution in [3.8, 4) is 0 Å². The van der Waals surface area contributed by atoms with Crippen molar-refractivity contribution in [1.82, 2.24) is 14.7 Å². The summed E-state index contributed by atoms with van der Waals surface area (Å²) in [7, 11) is 0. The van der Waals surface area contributed by atoms with Crippen molar-refractivity contribution in [3.63, 3.8) is 0 Å². The molecule has 3 saturated heterocycles. The van der Waals surface area contributed by atoms with Gasteiger partial charge in [0.2, 0.25) is 17.7 Å². The van der Waals surface area contributed by atoms with Crippen molar-refractivity contribution in [1.29, 1.82) is 0 Å². The van der Waals surface area contributed by atoms with Gasteiger partial charge >= 0.3 is 0 Å². The van der Waals surface area contributed by atoms with Crippen LogP contribution in [0, 0.1) is 23.7 Å². The number of fused-ring (bicyclic) bond motifs is 1. The van der Waals surface area contributed by atoms with Crippen molar-refractivity contribution in [2.45, 2.75) is 90.3 Å². The third-order valence-electron chi connectivity index (χ3n) is 9.83. The fourth-order valence-electron chi connectivity index (χ4n) is 7.67. The van der Waals surface area contributed by atoms with Crippen LogP contribution in [-0.2, 0) is 25.7 Å². The number of amides is 3. The largest absolute Gasteiger partial charge is 0.394 e. The lowest BCUT2D eigenvalue weighted by Gasteiger charge is -2.44. The molecule has 3 aliphatic heterocycles. The minimum absolute atomic E-state index is 0.0813. The lowest BCUT2D eigenvalue weighted by atomic mass is 9.62. The number of ether oxygens (including phenoxy) is 1. The molecular weight excluding hydrogens is 530 g/mol. The van der Waals surface area contributed by atoms with E-state index in [4.69, 9.17) is 4.74 Å². The van der Waals surface area contributed by atoms with Crippen LogP contribution < -0.4 is 0 Å². The smallest absolute Gasteiger partial charge is 0.249 e. The minimum atomic E-state index is -1.19.